The first-order chi connectivity index (χ1) is 8.47. The van der Waals surface area contributed by atoms with Gasteiger partial charge in [0.1, 0.15) is 0 Å². The van der Waals surface area contributed by atoms with Crippen LogP contribution < -0.4 is 16.6 Å². The molecule has 0 spiro atoms. The molecule has 0 aliphatic carbocycles. The Hall–Kier alpha value is -2.41. The van der Waals surface area contributed by atoms with E-state index in [0.29, 0.717) is 16.1 Å². The Labute approximate surface area is 105 Å². The number of hydrogen-bond donors (Lipinski definition) is 3. The smallest absolute Gasteiger partial charge is 0.319 e. The number of aromatic nitrogens is 2. The van der Waals surface area contributed by atoms with E-state index in [1.54, 1.807) is 17.4 Å². The summed E-state index contributed by atoms with van der Waals surface area (Å²) >= 11 is 5.77. The molecule has 18 heavy (non-hydrogen) atoms. The Morgan fingerprint density at radius 1 is 1.39 bits per heavy atom. The van der Waals surface area contributed by atoms with Crippen molar-refractivity contribution in [1.82, 2.24) is 15.3 Å². The molecule has 0 unspecified atom stereocenters. The summed E-state index contributed by atoms with van der Waals surface area (Å²) in [6.07, 6.45) is 0. The third kappa shape index (κ3) is 2.30. The molecule has 4 N–H and O–H groups in total. The molecule has 8 heteroatoms. The molecule has 2 aromatic rings. The molecule has 0 atom stereocenters. The molecular formula is C10H7ClN4O3. The van der Waals surface area contributed by atoms with Crippen LogP contribution in [0.3, 0.4) is 0 Å². The van der Waals surface area contributed by atoms with Crippen molar-refractivity contribution in [3.8, 4) is 0 Å². The summed E-state index contributed by atoms with van der Waals surface area (Å²) in [5.74, 6) is -0.967. The molecule has 0 fully saturated rings. The predicted molar refractivity (Wildman–Crippen MR) is 64.4 cm³/mol. The van der Waals surface area contributed by atoms with Crippen molar-refractivity contribution in [1.29, 1.82) is 0 Å². The van der Waals surface area contributed by atoms with Gasteiger partial charge in [-0.05, 0) is 18.2 Å². The van der Waals surface area contributed by atoms with Gasteiger partial charge in [0.25, 0.3) is 11.5 Å². The highest BCUT2D eigenvalue weighted by atomic mass is 35.5. The van der Waals surface area contributed by atoms with Crippen LogP contribution in [0.25, 0.3) is 11.0 Å². The Bertz CT molecular complexity index is 710. The minimum atomic E-state index is -1.06. The number of urea groups is 1. The standard InChI is InChI=1S/C10H7ClN4O3/c11-4-1-2-5-6(3-4)13-7(8(16)14-5)9(17)15-10(12)18/h1-3H,(H,14,16)(H3,12,15,17,18). The molecule has 2 rings (SSSR count). The maximum atomic E-state index is 11.6. The number of halogens is 1. The van der Waals surface area contributed by atoms with Gasteiger partial charge in [-0.15, -0.1) is 0 Å². The van der Waals surface area contributed by atoms with Gasteiger partial charge in [0.05, 0.1) is 11.0 Å². The fourth-order valence-electron chi connectivity index (χ4n) is 1.38. The van der Waals surface area contributed by atoms with Gasteiger partial charge >= 0.3 is 6.03 Å². The average Bonchev–Trinajstić information content (AvgIpc) is 2.27. The van der Waals surface area contributed by atoms with E-state index < -0.39 is 23.2 Å². The maximum Gasteiger partial charge on any atom is 0.319 e. The third-order valence-corrected chi connectivity index (χ3v) is 2.34. The monoisotopic (exact) mass is 266 g/mol. The number of hydrogen-bond acceptors (Lipinski definition) is 4. The number of imide groups is 1. The molecule has 0 saturated heterocycles. The molecule has 7 nitrogen and oxygen atoms in total. The maximum absolute atomic E-state index is 11.6. The van der Waals surface area contributed by atoms with Gasteiger partial charge in [0, 0.05) is 5.02 Å². The Kier molecular flexibility index (Phi) is 2.99. The zero-order chi connectivity index (χ0) is 13.3. The number of rotatable bonds is 1. The number of aromatic amines is 1. The minimum Gasteiger partial charge on any atom is -0.351 e. The molecular weight excluding hydrogens is 260 g/mol. The number of nitrogens with zero attached hydrogens (tertiary/aromatic N) is 1. The van der Waals surface area contributed by atoms with Gasteiger partial charge in [-0.3, -0.25) is 14.9 Å². The lowest BCUT2D eigenvalue weighted by Gasteiger charge is -2.02. The van der Waals surface area contributed by atoms with Crippen molar-refractivity contribution in [2.24, 2.45) is 5.73 Å². The number of benzene rings is 1. The summed E-state index contributed by atoms with van der Waals surface area (Å²) in [6.45, 7) is 0. The number of carbonyl (C=O) groups is 2. The SMILES string of the molecule is NC(=O)NC(=O)c1nc2cc(Cl)ccc2[nH]c1=O. The second-order valence-corrected chi connectivity index (χ2v) is 3.83. The lowest BCUT2D eigenvalue weighted by Crippen LogP contribution is -2.38. The van der Waals surface area contributed by atoms with E-state index in [9.17, 15) is 14.4 Å². The first kappa shape index (κ1) is 12.1. The van der Waals surface area contributed by atoms with Crippen LogP contribution in [0.1, 0.15) is 10.5 Å². The van der Waals surface area contributed by atoms with Crippen molar-refractivity contribution >= 4 is 34.6 Å². The lowest BCUT2D eigenvalue weighted by molar-refractivity contribution is 0.0960. The zero-order valence-electron chi connectivity index (χ0n) is 8.86. The molecule has 92 valence electrons. The van der Waals surface area contributed by atoms with Crippen LogP contribution in [0.15, 0.2) is 23.0 Å². The number of primary amides is 1. The molecule has 0 radical (unpaired) electrons. The Balaban J connectivity index is 2.58. The molecule has 1 aromatic heterocycles. The van der Waals surface area contributed by atoms with E-state index in [4.69, 9.17) is 17.3 Å². The van der Waals surface area contributed by atoms with Crippen LogP contribution in [0.2, 0.25) is 5.02 Å². The zero-order valence-corrected chi connectivity index (χ0v) is 9.62. The van der Waals surface area contributed by atoms with Crippen molar-refractivity contribution in [2.45, 2.75) is 0 Å². The molecule has 1 aromatic carbocycles. The van der Waals surface area contributed by atoms with Gasteiger partial charge in [-0.1, -0.05) is 11.6 Å². The number of carbonyl (C=O) groups excluding carboxylic acids is 2. The molecule has 1 heterocycles. The highest BCUT2D eigenvalue weighted by molar-refractivity contribution is 6.31. The molecule has 0 aliphatic rings. The normalized spacial score (nSPS) is 10.3. The molecule has 3 amide bonds. The van der Waals surface area contributed by atoms with Gasteiger partial charge in [-0.25, -0.2) is 9.78 Å². The van der Waals surface area contributed by atoms with E-state index in [0.717, 1.165) is 0 Å². The quantitative estimate of drug-likeness (QED) is 0.691. The van der Waals surface area contributed by atoms with E-state index in [-0.39, 0.29) is 0 Å². The van der Waals surface area contributed by atoms with Crippen molar-refractivity contribution in [3.63, 3.8) is 0 Å². The first-order valence-electron chi connectivity index (χ1n) is 4.78. The van der Waals surface area contributed by atoms with Gasteiger partial charge in [-0.2, -0.15) is 0 Å². The Morgan fingerprint density at radius 2 is 2.11 bits per heavy atom. The predicted octanol–water partition coefficient (Wildman–Crippen LogP) is 0.385. The van der Waals surface area contributed by atoms with Crippen molar-refractivity contribution < 1.29 is 9.59 Å². The number of fused-ring (bicyclic) bond motifs is 1. The Morgan fingerprint density at radius 3 is 2.78 bits per heavy atom. The average molecular weight is 267 g/mol. The molecule has 0 bridgehead atoms. The molecule has 0 saturated carbocycles. The minimum absolute atomic E-state index is 0.330. The van der Waals surface area contributed by atoms with Gasteiger partial charge in [0.15, 0.2) is 5.69 Å². The van der Waals surface area contributed by atoms with E-state index in [1.165, 1.54) is 6.07 Å². The van der Waals surface area contributed by atoms with Crippen LogP contribution in [0.5, 0.6) is 0 Å². The largest absolute Gasteiger partial charge is 0.351 e. The van der Waals surface area contributed by atoms with E-state index >= 15 is 0 Å². The summed E-state index contributed by atoms with van der Waals surface area (Å²) in [4.78, 5) is 39.9. The molecule has 0 aliphatic heterocycles. The summed E-state index contributed by atoms with van der Waals surface area (Å²) in [6, 6.07) is 3.55. The summed E-state index contributed by atoms with van der Waals surface area (Å²) in [5.41, 5.74) is 4.37. The number of amides is 3. The van der Waals surface area contributed by atoms with E-state index in [2.05, 4.69) is 9.97 Å². The fourth-order valence-corrected chi connectivity index (χ4v) is 1.55. The fraction of sp³-hybridized carbons (Fsp3) is 0. The topological polar surface area (TPSA) is 118 Å². The van der Waals surface area contributed by atoms with Gasteiger partial charge in [0.2, 0.25) is 0 Å². The van der Waals surface area contributed by atoms with Crippen molar-refractivity contribution in [2.75, 3.05) is 0 Å². The van der Waals surface area contributed by atoms with Gasteiger partial charge < -0.3 is 10.7 Å². The van der Waals surface area contributed by atoms with E-state index in [1.807, 2.05) is 0 Å². The number of H-pyrrole nitrogens is 1. The first-order valence-corrected chi connectivity index (χ1v) is 5.15. The van der Waals surface area contributed by atoms with Crippen LogP contribution in [-0.2, 0) is 0 Å². The second-order valence-electron chi connectivity index (χ2n) is 3.39. The highest BCUT2D eigenvalue weighted by Gasteiger charge is 2.15. The highest BCUT2D eigenvalue weighted by Crippen LogP contribution is 2.14. The van der Waals surface area contributed by atoms with Crippen molar-refractivity contribution in [3.05, 3.63) is 39.3 Å². The van der Waals surface area contributed by atoms with Crippen LogP contribution in [0.4, 0.5) is 4.79 Å². The summed E-state index contributed by atoms with van der Waals surface area (Å²) in [7, 11) is 0. The van der Waals surface area contributed by atoms with Crippen LogP contribution in [-0.4, -0.2) is 21.9 Å². The summed E-state index contributed by atoms with van der Waals surface area (Å²) < 4.78 is 0. The number of nitrogens with two attached hydrogens (primary N) is 1. The second kappa shape index (κ2) is 4.46. The lowest BCUT2D eigenvalue weighted by atomic mass is 10.3. The van der Waals surface area contributed by atoms with Crippen LogP contribution in [0, 0.1) is 0 Å². The van der Waals surface area contributed by atoms with Crippen LogP contribution >= 0.6 is 11.6 Å². The third-order valence-electron chi connectivity index (χ3n) is 2.11. The number of nitrogens with one attached hydrogen (secondary N) is 2. The summed E-state index contributed by atoms with van der Waals surface area (Å²) in [5, 5.41) is 2.17.